The molecule has 136 valence electrons. The van der Waals surface area contributed by atoms with Gasteiger partial charge in [-0.15, -0.1) is 11.8 Å². The molecule has 0 aliphatic heterocycles. The van der Waals surface area contributed by atoms with Crippen LogP contribution in [0.3, 0.4) is 0 Å². The Labute approximate surface area is 157 Å². The normalized spacial score (nSPS) is 19.7. The maximum Gasteiger partial charge on any atom is 0.131 e. The highest BCUT2D eigenvalue weighted by Crippen LogP contribution is 2.38. The van der Waals surface area contributed by atoms with Gasteiger partial charge >= 0.3 is 0 Å². The van der Waals surface area contributed by atoms with Crippen molar-refractivity contribution in [2.24, 2.45) is 5.92 Å². The van der Waals surface area contributed by atoms with Crippen LogP contribution in [0, 0.1) is 23.6 Å². The first-order valence-corrected chi connectivity index (χ1v) is 9.99. The van der Waals surface area contributed by atoms with Crippen molar-refractivity contribution < 1.29 is 4.39 Å². The number of hydrogen-bond donors (Lipinski definition) is 0. The molecule has 0 nitrogen and oxygen atoms in total. The minimum atomic E-state index is -0.0929. The topological polar surface area (TPSA) is 0 Å². The fourth-order valence-electron chi connectivity index (χ4n) is 4.11. The third kappa shape index (κ3) is 4.55. The van der Waals surface area contributed by atoms with E-state index in [0.717, 1.165) is 24.3 Å². The Balaban J connectivity index is 1.70. The summed E-state index contributed by atoms with van der Waals surface area (Å²) in [5.74, 6) is 7.32. The molecule has 0 heterocycles. The highest BCUT2D eigenvalue weighted by Gasteiger charge is 2.22. The molecule has 0 unspecified atom stereocenters. The van der Waals surface area contributed by atoms with Crippen LogP contribution in [0.4, 0.5) is 4.39 Å². The number of aryl methyl sites for hydroxylation is 1. The molecule has 0 saturated heterocycles. The van der Waals surface area contributed by atoms with Crippen LogP contribution in [-0.2, 0) is 6.42 Å². The lowest BCUT2D eigenvalue weighted by atomic mass is 9.77. The Morgan fingerprint density at radius 1 is 1.00 bits per heavy atom. The summed E-state index contributed by atoms with van der Waals surface area (Å²) < 4.78 is 14.8. The van der Waals surface area contributed by atoms with Gasteiger partial charge in [-0.1, -0.05) is 49.7 Å². The molecular weight excluding hydrogens is 319 g/mol. The van der Waals surface area contributed by atoms with Gasteiger partial charge in [-0.3, -0.25) is 0 Å². The molecule has 0 bridgehead atoms. The molecule has 1 fully saturated rings. The second kappa shape index (κ2) is 9.04. The van der Waals surface area contributed by atoms with E-state index >= 15 is 0 Å². The quantitative estimate of drug-likeness (QED) is 0.504. The van der Waals surface area contributed by atoms with Gasteiger partial charge in [0.15, 0.2) is 0 Å². The predicted octanol–water partition coefficient (Wildman–Crippen LogP) is 7.13. The van der Waals surface area contributed by atoms with Crippen LogP contribution < -0.4 is 0 Å². The average Bonchev–Trinajstić information content (AvgIpc) is 2.69. The summed E-state index contributed by atoms with van der Waals surface area (Å²) in [5.41, 5.74) is 4.08. The number of benzene rings is 2. The predicted molar refractivity (Wildman–Crippen MR) is 109 cm³/mol. The van der Waals surface area contributed by atoms with Crippen molar-refractivity contribution in [1.29, 1.82) is 0 Å². The van der Waals surface area contributed by atoms with E-state index in [2.05, 4.69) is 37.0 Å². The summed E-state index contributed by atoms with van der Waals surface area (Å²) in [6.07, 6.45) is 8.07. The highest BCUT2D eigenvalue weighted by atomic mass is 19.1. The lowest BCUT2D eigenvalue weighted by Crippen LogP contribution is -2.12. The summed E-state index contributed by atoms with van der Waals surface area (Å²) in [5, 5.41) is 0. The van der Waals surface area contributed by atoms with E-state index in [0.29, 0.717) is 11.5 Å². The first-order chi connectivity index (χ1) is 12.7. The molecule has 3 rings (SSSR count). The van der Waals surface area contributed by atoms with Crippen LogP contribution in [0.2, 0.25) is 0 Å². The van der Waals surface area contributed by atoms with Crippen molar-refractivity contribution >= 4 is 0 Å². The molecule has 0 atom stereocenters. The SMILES string of the molecule is CC#CCCc1ccc(-c2ccc(C3CCC(CC)CC3)cc2F)cc1. The van der Waals surface area contributed by atoms with Crippen LogP contribution in [0.1, 0.15) is 69.4 Å². The van der Waals surface area contributed by atoms with E-state index in [1.54, 1.807) is 6.07 Å². The average molecular weight is 349 g/mol. The van der Waals surface area contributed by atoms with E-state index < -0.39 is 0 Å². The van der Waals surface area contributed by atoms with Gasteiger partial charge in [0.2, 0.25) is 0 Å². The van der Waals surface area contributed by atoms with Crippen molar-refractivity contribution in [1.82, 2.24) is 0 Å². The maximum atomic E-state index is 14.8. The zero-order valence-electron chi connectivity index (χ0n) is 16.0. The monoisotopic (exact) mass is 348 g/mol. The van der Waals surface area contributed by atoms with Gasteiger partial charge in [0.1, 0.15) is 5.82 Å². The lowest BCUT2D eigenvalue weighted by Gasteiger charge is -2.28. The zero-order valence-corrected chi connectivity index (χ0v) is 16.0. The molecule has 1 heteroatoms. The summed E-state index contributed by atoms with van der Waals surface area (Å²) in [7, 11) is 0. The van der Waals surface area contributed by atoms with Gasteiger partial charge in [0, 0.05) is 12.0 Å². The van der Waals surface area contributed by atoms with Gasteiger partial charge < -0.3 is 0 Å². The minimum Gasteiger partial charge on any atom is -0.206 e. The van der Waals surface area contributed by atoms with Crippen LogP contribution in [0.15, 0.2) is 42.5 Å². The molecule has 0 spiro atoms. The molecule has 2 aromatic carbocycles. The zero-order chi connectivity index (χ0) is 18.4. The van der Waals surface area contributed by atoms with E-state index in [1.165, 1.54) is 43.2 Å². The van der Waals surface area contributed by atoms with Gasteiger partial charge in [0.05, 0.1) is 0 Å². The minimum absolute atomic E-state index is 0.0929. The molecule has 1 aliphatic rings. The van der Waals surface area contributed by atoms with Crippen molar-refractivity contribution in [3.05, 3.63) is 59.4 Å². The lowest BCUT2D eigenvalue weighted by molar-refractivity contribution is 0.318. The van der Waals surface area contributed by atoms with Gasteiger partial charge in [0.25, 0.3) is 0 Å². The molecule has 0 N–H and O–H groups in total. The van der Waals surface area contributed by atoms with Crippen molar-refractivity contribution in [2.75, 3.05) is 0 Å². The molecule has 0 aromatic heterocycles. The third-order valence-corrected chi connectivity index (χ3v) is 5.87. The third-order valence-electron chi connectivity index (χ3n) is 5.87. The van der Waals surface area contributed by atoms with Crippen LogP contribution in [-0.4, -0.2) is 0 Å². The molecule has 1 aliphatic carbocycles. The van der Waals surface area contributed by atoms with Crippen LogP contribution in [0.25, 0.3) is 11.1 Å². The Bertz CT molecular complexity index is 768. The molecular formula is C25H29F. The maximum absolute atomic E-state index is 14.8. The largest absolute Gasteiger partial charge is 0.206 e. The Morgan fingerprint density at radius 3 is 2.35 bits per heavy atom. The van der Waals surface area contributed by atoms with Crippen molar-refractivity contribution in [3.8, 4) is 23.0 Å². The number of rotatable bonds is 5. The highest BCUT2D eigenvalue weighted by molar-refractivity contribution is 5.65. The molecule has 1 saturated carbocycles. The Kier molecular flexibility index (Phi) is 6.51. The van der Waals surface area contributed by atoms with Gasteiger partial charge in [-0.2, -0.15) is 0 Å². The fourth-order valence-corrected chi connectivity index (χ4v) is 4.11. The molecule has 0 amide bonds. The summed E-state index contributed by atoms with van der Waals surface area (Å²) in [6.45, 7) is 4.15. The first-order valence-electron chi connectivity index (χ1n) is 9.99. The molecule has 2 aromatic rings. The van der Waals surface area contributed by atoms with Crippen LogP contribution >= 0.6 is 0 Å². The Morgan fingerprint density at radius 2 is 1.73 bits per heavy atom. The first kappa shape index (κ1) is 18.7. The Hall–Kier alpha value is -2.07. The molecule has 26 heavy (non-hydrogen) atoms. The van der Waals surface area contributed by atoms with E-state index in [1.807, 2.05) is 25.1 Å². The second-order valence-corrected chi connectivity index (χ2v) is 7.49. The van der Waals surface area contributed by atoms with Crippen molar-refractivity contribution in [3.63, 3.8) is 0 Å². The van der Waals surface area contributed by atoms with Crippen molar-refractivity contribution in [2.45, 2.75) is 64.7 Å². The molecule has 0 radical (unpaired) electrons. The van der Waals surface area contributed by atoms with E-state index in [-0.39, 0.29) is 5.82 Å². The standard InChI is InChI=1S/C25H29F/c1-3-5-6-7-20-10-14-22(15-11-20)24-17-16-23(18-25(24)26)21-12-8-19(4-2)9-13-21/h10-11,14-19,21H,4,6-9,12-13H2,1-2H3. The van der Waals surface area contributed by atoms with E-state index in [4.69, 9.17) is 0 Å². The summed E-state index contributed by atoms with van der Waals surface area (Å²) in [6, 6.07) is 14.1. The second-order valence-electron chi connectivity index (χ2n) is 7.49. The smallest absolute Gasteiger partial charge is 0.131 e. The number of hydrogen-bond acceptors (Lipinski definition) is 0. The van der Waals surface area contributed by atoms with Crippen LogP contribution in [0.5, 0.6) is 0 Å². The fraction of sp³-hybridized carbons (Fsp3) is 0.440. The van der Waals surface area contributed by atoms with Gasteiger partial charge in [-0.05, 0) is 73.6 Å². The summed E-state index contributed by atoms with van der Waals surface area (Å²) >= 11 is 0. The van der Waals surface area contributed by atoms with Gasteiger partial charge in [-0.25, -0.2) is 4.39 Å². The van der Waals surface area contributed by atoms with E-state index in [9.17, 15) is 4.39 Å². The summed E-state index contributed by atoms with van der Waals surface area (Å²) in [4.78, 5) is 0. The number of halogens is 1.